The second-order valence-electron chi connectivity index (χ2n) is 2.72. The zero-order chi connectivity index (χ0) is 11.0. The molecule has 0 aliphatic carbocycles. The maximum absolute atomic E-state index is 9.66. The molecule has 0 aliphatic heterocycles. The predicted octanol–water partition coefficient (Wildman–Crippen LogP) is 1.45. The predicted molar refractivity (Wildman–Crippen MR) is 51.7 cm³/mol. The second-order valence-corrected chi connectivity index (χ2v) is 2.72. The third-order valence-electron chi connectivity index (χ3n) is 1.67. The molecule has 2 unspecified atom stereocenters. The monoisotopic (exact) mass is 203 g/mol. The fourth-order valence-corrected chi connectivity index (χ4v) is 0.951. The fourth-order valence-electron chi connectivity index (χ4n) is 0.951. The Balaban J connectivity index is 4.24. The molecule has 0 aliphatic rings. The van der Waals surface area contributed by atoms with E-state index in [2.05, 4.69) is 10.0 Å². The van der Waals surface area contributed by atoms with Crippen LogP contribution >= 0.6 is 0 Å². The Labute approximate surface area is 83.4 Å². The molecule has 1 N–H and O–H groups in total. The Hall–Kier alpha value is -0.810. The van der Waals surface area contributed by atoms with Crippen molar-refractivity contribution in [2.75, 3.05) is 13.2 Å². The Morgan fingerprint density at radius 1 is 1.36 bits per heavy atom. The van der Waals surface area contributed by atoms with Crippen LogP contribution in [0.1, 0.15) is 20.8 Å². The molecule has 0 bridgehead atoms. The summed E-state index contributed by atoms with van der Waals surface area (Å²) >= 11 is 0. The van der Waals surface area contributed by atoms with E-state index >= 15 is 0 Å². The first-order chi connectivity index (χ1) is 6.67. The molecule has 0 aromatic carbocycles. The molecule has 0 amide bonds. The molecule has 0 saturated carbocycles. The topological polar surface area (TPSA) is 87.5 Å². The fraction of sp³-hybridized carbons (Fsp3) is 1.00. The van der Waals surface area contributed by atoms with Gasteiger partial charge in [0.15, 0.2) is 6.29 Å². The Morgan fingerprint density at radius 3 is 2.21 bits per heavy atom. The van der Waals surface area contributed by atoms with Crippen molar-refractivity contribution in [1.29, 1.82) is 0 Å². The van der Waals surface area contributed by atoms with Crippen molar-refractivity contribution >= 4 is 0 Å². The summed E-state index contributed by atoms with van der Waals surface area (Å²) in [6.45, 7) is 6.08. The van der Waals surface area contributed by atoms with Gasteiger partial charge in [-0.3, -0.25) is 0 Å². The summed E-state index contributed by atoms with van der Waals surface area (Å²) in [6, 6.07) is -0.567. The average Bonchev–Trinajstić information content (AvgIpc) is 2.17. The van der Waals surface area contributed by atoms with Gasteiger partial charge in [-0.25, -0.2) is 0 Å². The molecule has 0 fully saturated rings. The van der Waals surface area contributed by atoms with Crippen LogP contribution < -0.4 is 0 Å². The van der Waals surface area contributed by atoms with Crippen molar-refractivity contribution in [3.63, 3.8) is 0 Å². The first-order valence-corrected chi connectivity index (χ1v) is 4.62. The molecule has 0 rings (SSSR count). The van der Waals surface area contributed by atoms with E-state index in [-0.39, 0.29) is 0 Å². The van der Waals surface area contributed by atoms with E-state index in [0.29, 0.717) is 13.2 Å². The van der Waals surface area contributed by atoms with Gasteiger partial charge in [0.2, 0.25) is 0 Å². The van der Waals surface area contributed by atoms with Gasteiger partial charge in [-0.15, -0.1) is 0 Å². The van der Waals surface area contributed by atoms with Crippen molar-refractivity contribution in [3.8, 4) is 0 Å². The van der Waals surface area contributed by atoms with Crippen LogP contribution in [0.15, 0.2) is 5.11 Å². The van der Waals surface area contributed by atoms with Crippen LogP contribution in [0.5, 0.6) is 0 Å². The highest BCUT2D eigenvalue weighted by Crippen LogP contribution is 2.09. The van der Waals surface area contributed by atoms with E-state index in [4.69, 9.17) is 15.0 Å². The number of hydrogen-bond acceptors (Lipinski definition) is 4. The number of nitrogens with zero attached hydrogens (tertiary/aromatic N) is 3. The van der Waals surface area contributed by atoms with Crippen molar-refractivity contribution in [2.24, 2.45) is 5.11 Å². The molecule has 14 heavy (non-hydrogen) atoms. The van der Waals surface area contributed by atoms with Crippen molar-refractivity contribution < 1.29 is 14.6 Å². The summed E-state index contributed by atoms with van der Waals surface area (Å²) in [5, 5.41) is 13.0. The summed E-state index contributed by atoms with van der Waals surface area (Å²) < 4.78 is 10.3. The minimum Gasteiger partial charge on any atom is -0.387 e. The van der Waals surface area contributed by atoms with Crippen LogP contribution in [-0.4, -0.2) is 36.8 Å². The zero-order valence-corrected chi connectivity index (χ0v) is 8.75. The van der Waals surface area contributed by atoms with E-state index in [1.54, 1.807) is 20.8 Å². The van der Waals surface area contributed by atoms with Crippen LogP contribution in [0, 0.1) is 0 Å². The van der Waals surface area contributed by atoms with E-state index < -0.39 is 18.4 Å². The van der Waals surface area contributed by atoms with Crippen molar-refractivity contribution in [1.82, 2.24) is 0 Å². The average molecular weight is 203 g/mol. The lowest BCUT2D eigenvalue weighted by Gasteiger charge is -2.24. The van der Waals surface area contributed by atoms with Gasteiger partial charge < -0.3 is 14.6 Å². The van der Waals surface area contributed by atoms with Gasteiger partial charge >= 0.3 is 0 Å². The van der Waals surface area contributed by atoms with Crippen LogP contribution in [0.3, 0.4) is 0 Å². The van der Waals surface area contributed by atoms with Crippen LogP contribution in [0.2, 0.25) is 0 Å². The van der Waals surface area contributed by atoms with E-state index in [1.807, 2.05) is 0 Å². The van der Waals surface area contributed by atoms with Gasteiger partial charge in [0.05, 0.1) is 6.04 Å². The number of ether oxygens (including phenoxy) is 2. The first-order valence-electron chi connectivity index (χ1n) is 4.62. The Morgan fingerprint density at radius 2 is 1.86 bits per heavy atom. The summed E-state index contributed by atoms with van der Waals surface area (Å²) in [7, 11) is 0. The van der Waals surface area contributed by atoms with Gasteiger partial charge in [-0.2, -0.15) is 0 Å². The molecule has 0 spiro atoms. The standard InChI is InChI=1S/C8H17N3O3/c1-4-13-8(14-5-2)7(12)6(3)10-11-9/h6-8,12H,4-5H2,1-3H3. The zero-order valence-electron chi connectivity index (χ0n) is 8.75. The normalized spacial score (nSPS) is 14.9. The molecule has 82 valence electrons. The lowest BCUT2D eigenvalue weighted by Crippen LogP contribution is -2.38. The lowest BCUT2D eigenvalue weighted by molar-refractivity contribution is -0.192. The SMILES string of the molecule is CCOC(OCC)C(O)C(C)N=[N+]=[N-]. The molecular weight excluding hydrogens is 186 g/mol. The van der Waals surface area contributed by atoms with E-state index in [9.17, 15) is 5.11 Å². The van der Waals surface area contributed by atoms with Crippen LogP contribution in [0.4, 0.5) is 0 Å². The molecule has 0 saturated heterocycles. The van der Waals surface area contributed by atoms with E-state index in [0.717, 1.165) is 0 Å². The summed E-state index contributed by atoms with van der Waals surface area (Å²) in [4.78, 5) is 2.61. The number of rotatable bonds is 7. The maximum Gasteiger partial charge on any atom is 0.183 e. The minimum atomic E-state index is -0.939. The summed E-state index contributed by atoms with van der Waals surface area (Å²) in [5.41, 5.74) is 8.19. The molecule has 0 aromatic heterocycles. The molecule has 2 atom stereocenters. The van der Waals surface area contributed by atoms with Gasteiger partial charge in [0.25, 0.3) is 0 Å². The third kappa shape index (κ3) is 4.43. The molecule has 0 heterocycles. The highest BCUT2D eigenvalue weighted by Gasteiger charge is 2.24. The lowest BCUT2D eigenvalue weighted by atomic mass is 10.2. The first kappa shape index (κ1) is 13.2. The van der Waals surface area contributed by atoms with Gasteiger partial charge in [-0.05, 0) is 19.4 Å². The van der Waals surface area contributed by atoms with Gasteiger partial charge in [0.1, 0.15) is 6.10 Å². The van der Waals surface area contributed by atoms with Crippen molar-refractivity contribution in [3.05, 3.63) is 10.4 Å². The minimum absolute atomic E-state index is 0.435. The third-order valence-corrected chi connectivity index (χ3v) is 1.67. The van der Waals surface area contributed by atoms with Gasteiger partial charge in [-0.1, -0.05) is 12.0 Å². The Kier molecular flexibility index (Phi) is 7.14. The second kappa shape index (κ2) is 7.58. The maximum atomic E-state index is 9.66. The quantitative estimate of drug-likeness (QED) is 0.294. The molecule has 0 aromatic rings. The van der Waals surface area contributed by atoms with Crippen LogP contribution in [-0.2, 0) is 9.47 Å². The van der Waals surface area contributed by atoms with Gasteiger partial charge in [0, 0.05) is 18.1 Å². The molecule has 6 nitrogen and oxygen atoms in total. The summed E-state index contributed by atoms with van der Waals surface area (Å²) in [6.07, 6.45) is -1.67. The summed E-state index contributed by atoms with van der Waals surface area (Å²) in [5.74, 6) is 0. The van der Waals surface area contributed by atoms with Crippen LogP contribution in [0.25, 0.3) is 10.4 Å². The smallest absolute Gasteiger partial charge is 0.183 e. The Bertz CT molecular complexity index is 188. The number of aliphatic hydroxyl groups is 1. The molecule has 6 heteroatoms. The number of hydrogen-bond donors (Lipinski definition) is 1. The highest BCUT2D eigenvalue weighted by molar-refractivity contribution is 4.74. The molecule has 0 radical (unpaired) electrons. The molecular formula is C8H17N3O3. The number of azide groups is 1. The largest absolute Gasteiger partial charge is 0.387 e. The highest BCUT2D eigenvalue weighted by atomic mass is 16.7. The number of aliphatic hydroxyl groups excluding tert-OH is 1. The van der Waals surface area contributed by atoms with Crippen molar-refractivity contribution in [2.45, 2.75) is 39.2 Å². The van der Waals surface area contributed by atoms with E-state index in [1.165, 1.54) is 0 Å².